The predicted molar refractivity (Wildman–Crippen MR) is 108 cm³/mol. The zero-order valence-corrected chi connectivity index (χ0v) is 16.3. The summed E-state index contributed by atoms with van der Waals surface area (Å²) in [5, 5.41) is 8.66. The van der Waals surface area contributed by atoms with Crippen molar-refractivity contribution in [2.24, 2.45) is 0 Å². The first-order chi connectivity index (χ1) is 12.2. The molecule has 1 heterocycles. The molecule has 26 heavy (non-hydrogen) atoms. The number of halogens is 1. The Labute approximate surface area is 161 Å². The minimum absolute atomic E-state index is 0. The van der Waals surface area contributed by atoms with Crippen LogP contribution in [-0.2, 0) is 4.79 Å². The largest absolute Gasteiger partial charge is 0.497 e. The van der Waals surface area contributed by atoms with Gasteiger partial charge in [0.1, 0.15) is 5.75 Å². The van der Waals surface area contributed by atoms with Gasteiger partial charge in [-0.25, -0.2) is 0 Å². The third-order valence-corrected chi connectivity index (χ3v) is 4.90. The summed E-state index contributed by atoms with van der Waals surface area (Å²) >= 11 is 0. The molecule has 6 heteroatoms. The Kier molecular flexibility index (Phi) is 7.69. The standard InChI is InChI=1S/C20H27N3O2.ClH/c1-15(20(24)22-9-12-23-10-7-21-8-11-23)16-3-4-18-14-19(25-2)6-5-17(18)13-16;/h3-6,13-15,21H,7-12H2,1-2H3,(H,22,24);1H. The number of hydrogen-bond donors (Lipinski definition) is 2. The highest BCUT2D eigenvalue weighted by Crippen LogP contribution is 2.25. The maximum atomic E-state index is 12.5. The van der Waals surface area contributed by atoms with Crippen molar-refractivity contribution in [1.82, 2.24) is 15.5 Å². The molecule has 0 radical (unpaired) electrons. The Morgan fingerprint density at radius 1 is 1.19 bits per heavy atom. The maximum absolute atomic E-state index is 12.5. The second kappa shape index (κ2) is 9.76. The Hall–Kier alpha value is -1.82. The minimum atomic E-state index is -0.158. The lowest BCUT2D eigenvalue weighted by Gasteiger charge is -2.27. The monoisotopic (exact) mass is 377 g/mol. The van der Waals surface area contributed by atoms with Crippen molar-refractivity contribution in [3.63, 3.8) is 0 Å². The molecule has 0 spiro atoms. The second-order valence-corrected chi connectivity index (χ2v) is 6.58. The first-order valence-corrected chi connectivity index (χ1v) is 8.96. The van der Waals surface area contributed by atoms with Crippen molar-refractivity contribution >= 4 is 29.1 Å². The van der Waals surface area contributed by atoms with Gasteiger partial charge in [-0.15, -0.1) is 12.4 Å². The average molecular weight is 378 g/mol. The van der Waals surface area contributed by atoms with Crippen molar-refractivity contribution in [3.8, 4) is 5.75 Å². The topological polar surface area (TPSA) is 53.6 Å². The molecule has 0 saturated carbocycles. The van der Waals surface area contributed by atoms with Gasteiger partial charge in [0.05, 0.1) is 13.0 Å². The summed E-state index contributed by atoms with van der Waals surface area (Å²) in [6, 6.07) is 12.2. The number of fused-ring (bicyclic) bond motifs is 1. The van der Waals surface area contributed by atoms with E-state index in [2.05, 4.69) is 27.7 Å². The lowest BCUT2D eigenvalue weighted by molar-refractivity contribution is -0.122. The van der Waals surface area contributed by atoms with E-state index >= 15 is 0 Å². The molecular formula is C20H28ClN3O2. The van der Waals surface area contributed by atoms with E-state index < -0.39 is 0 Å². The quantitative estimate of drug-likeness (QED) is 0.811. The molecule has 1 aliphatic rings. The van der Waals surface area contributed by atoms with Crippen LogP contribution in [-0.4, -0.2) is 57.2 Å². The third-order valence-electron chi connectivity index (χ3n) is 4.90. The molecule has 0 aliphatic carbocycles. The molecule has 2 aromatic rings. The van der Waals surface area contributed by atoms with Gasteiger partial charge in [-0.3, -0.25) is 9.69 Å². The summed E-state index contributed by atoms with van der Waals surface area (Å²) in [6.45, 7) is 7.76. The minimum Gasteiger partial charge on any atom is -0.497 e. The Morgan fingerprint density at radius 3 is 2.62 bits per heavy atom. The average Bonchev–Trinajstić information content (AvgIpc) is 2.67. The fourth-order valence-corrected chi connectivity index (χ4v) is 3.22. The fraction of sp³-hybridized carbons (Fsp3) is 0.450. The van der Waals surface area contributed by atoms with Crippen molar-refractivity contribution in [2.45, 2.75) is 12.8 Å². The van der Waals surface area contributed by atoms with Crippen molar-refractivity contribution < 1.29 is 9.53 Å². The number of benzene rings is 2. The van der Waals surface area contributed by atoms with Crippen LogP contribution in [0.1, 0.15) is 18.4 Å². The number of piperazine rings is 1. The molecule has 142 valence electrons. The van der Waals surface area contributed by atoms with E-state index in [4.69, 9.17) is 4.74 Å². The van der Waals surface area contributed by atoms with Gasteiger partial charge in [-0.05, 0) is 35.4 Å². The van der Waals surface area contributed by atoms with Gasteiger partial charge in [0.2, 0.25) is 5.91 Å². The van der Waals surface area contributed by atoms with E-state index in [-0.39, 0.29) is 24.2 Å². The highest BCUT2D eigenvalue weighted by atomic mass is 35.5. The molecule has 1 unspecified atom stereocenters. The molecule has 3 rings (SSSR count). The van der Waals surface area contributed by atoms with Crippen LogP contribution < -0.4 is 15.4 Å². The normalized spacial score (nSPS) is 15.9. The molecular weight excluding hydrogens is 350 g/mol. The van der Waals surface area contributed by atoms with Gasteiger partial charge in [0, 0.05) is 39.3 Å². The van der Waals surface area contributed by atoms with Crippen molar-refractivity contribution in [2.75, 3.05) is 46.4 Å². The maximum Gasteiger partial charge on any atom is 0.227 e. The molecule has 0 bridgehead atoms. The van der Waals surface area contributed by atoms with Crippen LogP contribution in [0.5, 0.6) is 5.75 Å². The smallest absolute Gasteiger partial charge is 0.227 e. The highest BCUT2D eigenvalue weighted by Gasteiger charge is 2.16. The molecule has 1 atom stereocenters. The molecule has 2 aromatic carbocycles. The third kappa shape index (κ3) is 5.10. The van der Waals surface area contributed by atoms with Gasteiger partial charge in [-0.2, -0.15) is 0 Å². The number of carbonyl (C=O) groups is 1. The number of hydrogen-bond acceptors (Lipinski definition) is 4. The van der Waals surface area contributed by atoms with E-state index in [0.29, 0.717) is 6.54 Å². The van der Waals surface area contributed by atoms with Crippen LogP contribution in [0.4, 0.5) is 0 Å². The number of ether oxygens (including phenoxy) is 1. The number of amides is 1. The molecule has 2 N–H and O–H groups in total. The first-order valence-electron chi connectivity index (χ1n) is 8.96. The van der Waals surface area contributed by atoms with Gasteiger partial charge >= 0.3 is 0 Å². The first kappa shape index (κ1) is 20.5. The number of methoxy groups -OCH3 is 1. The summed E-state index contributed by atoms with van der Waals surface area (Å²) in [5.41, 5.74) is 1.04. The van der Waals surface area contributed by atoms with E-state index in [9.17, 15) is 4.79 Å². The lowest BCUT2D eigenvalue weighted by Crippen LogP contribution is -2.46. The molecule has 1 fully saturated rings. The Morgan fingerprint density at radius 2 is 1.88 bits per heavy atom. The number of rotatable bonds is 6. The van der Waals surface area contributed by atoms with Crippen molar-refractivity contribution in [1.29, 1.82) is 0 Å². The SMILES string of the molecule is COc1ccc2cc(C(C)C(=O)NCCN3CCNCC3)ccc2c1.Cl. The lowest BCUT2D eigenvalue weighted by atomic mass is 9.97. The van der Waals surface area contributed by atoms with E-state index in [0.717, 1.165) is 54.8 Å². The Balaban J connectivity index is 0.00000243. The number of carbonyl (C=O) groups excluding carboxylic acids is 1. The van der Waals surface area contributed by atoms with Crippen LogP contribution in [0.25, 0.3) is 10.8 Å². The number of nitrogens with one attached hydrogen (secondary N) is 2. The summed E-state index contributed by atoms with van der Waals surface area (Å²) in [7, 11) is 1.67. The van der Waals surface area contributed by atoms with Crippen LogP contribution in [0.3, 0.4) is 0 Å². The number of nitrogens with zero attached hydrogens (tertiary/aromatic N) is 1. The van der Waals surface area contributed by atoms with Gasteiger partial charge in [-0.1, -0.05) is 24.3 Å². The zero-order chi connectivity index (χ0) is 17.6. The van der Waals surface area contributed by atoms with Gasteiger partial charge in [0.25, 0.3) is 0 Å². The van der Waals surface area contributed by atoms with Crippen molar-refractivity contribution in [3.05, 3.63) is 42.0 Å². The fourth-order valence-electron chi connectivity index (χ4n) is 3.22. The Bertz CT molecular complexity index is 732. The van der Waals surface area contributed by atoms with E-state index in [1.54, 1.807) is 7.11 Å². The van der Waals surface area contributed by atoms with E-state index in [1.165, 1.54) is 0 Å². The molecule has 1 amide bonds. The summed E-state index contributed by atoms with van der Waals surface area (Å²) in [6.07, 6.45) is 0. The predicted octanol–water partition coefficient (Wildman–Crippen LogP) is 2.40. The summed E-state index contributed by atoms with van der Waals surface area (Å²) in [4.78, 5) is 14.8. The van der Waals surface area contributed by atoms with Crippen LogP contribution >= 0.6 is 12.4 Å². The van der Waals surface area contributed by atoms with E-state index in [1.807, 2.05) is 31.2 Å². The molecule has 0 aromatic heterocycles. The highest BCUT2D eigenvalue weighted by molar-refractivity contribution is 5.88. The van der Waals surface area contributed by atoms with Crippen LogP contribution in [0.2, 0.25) is 0 Å². The van der Waals surface area contributed by atoms with Gasteiger partial charge in [0.15, 0.2) is 0 Å². The van der Waals surface area contributed by atoms with Crippen LogP contribution in [0.15, 0.2) is 36.4 Å². The molecule has 1 saturated heterocycles. The molecule has 5 nitrogen and oxygen atoms in total. The second-order valence-electron chi connectivity index (χ2n) is 6.58. The van der Waals surface area contributed by atoms with Crippen LogP contribution in [0, 0.1) is 0 Å². The summed E-state index contributed by atoms with van der Waals surface area (Å²) in [5.74, 6) is 0.775. The summed E-state index contributed by atoms with van der Waals surface area (Å²) < 4.78 is 5.26. The van der Waals surface area contributed by atoms with Gasteiger partial charge < -0.3 is 15.4 Å². The molecule has 1 aliphatic heterocycles. The zero-order valence-electron chi connectivity index (χ0n) is 15.5.